The van der Waals surface area contributed by atoms with Crippen LogP contribution in [0.15, 0.2) is 47.4 Å². The Balaban J connectivity index is 2.03. The van der Waals surface area contributed by atoms with Gasteiger partial charge in [0.2, 0.25) is 10.0 Å². The zero-order chi connectivity index (χ0) is 22.9. The molecule has 0 spiro atoms. The number of nitrogens with zero attached hydrogens (tertiary/aromatic N) is 1. The molecule has 0 unspecified atom stereocenters. The van der Waals surface area contributed by atoms with Gasteiger partial charge in [-0.2, -0.15) is 13.2 Å². The van der Waals surface area contributed by atoms with Crippen molar-refractivity contribution in [3.8, 4) is 5.75 Å². The van der Waals surface area contributed by atoms with Gasteiger partial charge in [0.15, 0.2) is 0 Å². The first-order chi connectivity index (χ1) is 14.4. The minimum absolute atomic E-state index is 0.0415. The third-order valence-electron chi connectivity index (χ3n) is 4.60. The molecule has 0 aromatic heterocycles. The number of hydrogen-bond donors (Lipinski definition) is 1. The molecule has 1 N–H and O–H groups in total. The molecule has 2 aromatic carbocycles. The standard InChI is InChI=1S/C19H21F3N2O5S2/c1-2-29-17-9-8-16(24-10-3-4-11-30(24,25)26)13-18(17)31(27,28)23-15-7-5-6-14(12-15)19(20,21)22/h5-9,12-13,23H,2-4,10-11H2,1H3. The quantitative estimate of drug-likeness (QED) is 0.681. The lowest BCUT2D eigenvalue weighted by Crippen LogP contribution is -2.37. The number of nitrogens with one attached hydrogen (secondary N) is 1. The first kappa shape index (κ1) is 23.2. The van der Waals surface area contributed by atoms with Crippen LogP contribution in [0, 0.1) is 0 Å². The van der Waals surface area contributed by atoms with E-state index in [-0.39, 0.29) is 40.9 Å². The Hall–Kier alpha value is -2.47. The van der Waals surface area contributed by atoms with Crippen LogP contribution in [0.4, 0.5) is 24.5 Å². The predicted molar refractivity (Wildman–Crippen MR) is 110 cm³/mol. The number of anilines is 2. The van der Waals surface area contributed by atoms with E-state index < -0.39 is 31.8 Å². The van der Waals surface area contributed by atoms with E-state index in [4.69, 9.17) is 4.74 Å². The van der Waals surface area contributed by atoms with Gasteiger partial charge in [-0.1, -0.05) is 6.07 Å². The van der Waals surface area contributed by atoms with Crippen molar-refractivity contribution >= 4 is 31.4 Å². The molecule has 1 aliphatic heterocycles. The molecule has 3 rings (SSSR count). The molecule has 170 valence electrons. The van der Waals surface area contributed by atoms with Crippen molar-refractivity contribution in [1.82, 2.24) is 0 Å². The zero-order valence-electron chi connectivity index (χ0n) is 16.5. The topological polar surface area (TPSA) is 92.8 Å². The molecule has 0 atom stereocenters. The molecule has 7 nitrogen and oxygen atoms in total. The Morgan fingerprint density at radius 3 is 2.52 bits per heavy atom. The molecule has 1 heterocycles. The Labute approximate surface area is 178 Å². The Morgan fingerprint density at radius 1 is 1.13 bits per heavy atom. The van der Waals surface area contributed by atoms with Gasteiger partial charge in [-0.15, -0.1) is 0 Å². The van der Waals surface area contributed by atoms with E-state index in [2.05, 4.69) is 4.72 Å². The maximum absolute atomic E-state index is 13.0. The van der Waals surface area contributed by atoms with E-state index >= 15 is 0 Å². The van der Waals surface area contributed by atoms with Gasteiger partial charge in [-0.3, -0.25) is 9.03 Å². The van der Waals surface area contributed by atoms with Gasteiger partial charge in [0.1, 0.15) is 10.6 Å². The lowest BCUT2D eigenvalue weighted by molar-refractivity contribution is -0.137. The number of ether oxygens (including phenoxy) is 1. The fraction of sp³-hybridized carbons (Fsp3) is 0.368. The maximum atomic E-state index is 13.0. The number of sulfonamides is 2. The Morgan fingerprint density at radius 2 is 1.87 bits per heavy atom. The highest BCUT2D eigenvalue weighted by Gasteiger charge is 2.32. The summed E-state index contributed by atoms with van der Waals surface area (Å²) in [4.78, 5) is -0.370. The molecule has 2 aromatic rings. The van der Waals surface area contributed by atoms with Crippen LogP contribution in [-0.2, 0) is 26.2 Å². The van der Waals surface area contributed by atoms with Crippen molar-refractivity contribution < 1.29 is 34.7 Å². The van der Waals surface area contributed by atoms with E-state index in [9.17, 15) is 30.0 Å². The average molecular weight is 479 g/mol. The first-order valence-corrected chi connectivity index (χ1v) is 12.5. The fourth-order valence-electron chi connectivity index (χ4n) is 3.18. The smallest absolute Gasteiger partial charge is 0.416 e. The lowest BCUT2D eigenvalue weighted by atomic mass is 10.2. The molecule has 1 saturated heterocycles. The van der Waals surface area contributed by atoms with E-state index in [1.165, 1.54) is 18.2 Å². The van der Waals surface area contributed by atoms with Crippen molar-refractivity contribution in [2.45, 2.75) is 30.8 Å². The summed E-state index contributed by atoms with van der Waals surface area (Å²) in [7, 11) is -7.98. The molecule has 0 saturated carbocycles. The molecule has 0 bridgehead atoms. The third kappa shape index (κ3) is 5.24. The van der Waals surface area contributed by atoms with Crippen molar-refractivity contribution in [3.05, 3.63) is 48.0 Å². The van der Waals surface area contributed by atoms with Gasteiger partial charge in [0.25, 0.3) is 10.0 Å². The van der Waals surface area contributed by atoms with Crippen LogP contribution in [0.1, 0.15) is 25.3 Å². The van der Waals surface area contributed by atoms with Crippen LogP contribution in [0.5, 0.6) is 5.75 Å². The third-order valence-corrected chi connectivity index (χ3v) is 7.87. The molecule has 12 heteroatoms. The number of benzene rings is 2. The number of hydrogen-bond acceptors (Lipinski definition) is 5. The van der Waals surface area contributed by atoms with Gasteiger partial charge >= 0.3 is 6.18 Å². The Bertz CT molecular complexity index is 1170. The largest absolute Gasteiger partial charge is 0.492 e. The summed E-state index contributed by atoms with van der Waals surface area (Å²) in [5.74, 6) is -0.0924. The molecule has 0 amide bonds. The van der Waals surface area contributed by atoms with E-state index in [1.807, 2.05) is 0 Å². The van der Waals surface area contributed by atoms with E-state index in [0.717, 1.165) is 22.5 Å². The van der Waals surface area contributed by atoms with Crippen molar-refractivity contribution in [3.63, 3.8) is 0 Å². The maximum Gasteiger partial charge on any atom is 0.416 e. The number of rotatable bonds is 6. The second-order valence-electron chi connectivity index (χ2n) is 6.84. The minimum atomic E-state index is -4.64. The summed E-state index contributed by atoms with van der Waals surface area (Å²) in [6.45, 7) is 1.98. The fourth-order valence-corrected chi connectivity index (χ4v) is 6.03. The summed E-state index contributed by atoms with van der Waals surface area (Å²) < 4.78 is 98.3. The summed E-state index contributed by atoms with van der Waals surface area (Å²) in [6, 6.07) is 7.71. The van der Waals surface area contributed by atoms with Gasteiger partial charge in [0.05, 0.1) is 23.6 Å². The monoisotopic (exact) mass is 478 g/mol. The molecular formula is C19H21F3N2O5S2. The van der Waals surface area contributed by atoms with Gasteiger partial charge < -0.3 is 4.74 Å². The van der Waals surface area contributed by atoms with E-state index in [0.29, 0.717) is 18.9 Å². The van der Waals surface area contributed by atoms with E-state index in [1.54, 1.807) is 6.92 Å². The zero-order valence-corrected chi connectivity index (χ0v) is 18.1. The van der Waals surface area contributed by atoms with Crippen LogP contribution >= 0.6 is 0 Å². The van der Waals surface area contributed by atoms with Crippen molar-refractivity contribution in [1.29, 1.82) is 0 Å². The number of alkyl halides is 3. The number of halogens is 3. The normalized spacial score (nSPS) is 16.7. The lowest BCUT2D eigenvalue weighted by Gasteiger charge is -2.29. The van der Waals surface area contributed by atoms with Crippen molar-refractivity contribution in [2.75, 3.05) is 27.9 Å². The second-order valence-corrected chi connectivity index (χ2v) is 10.5. The highest BCUT2D eigenvalue weighted by atomic mass is 32.2. The summed E-state index contributed by atoms with van der Waals surface area (Å²) >= 11 is 0. The first-order valence-electron chi connectivity index (χ1n) is 9.41. The Kier molecular flexibility index (Phi) is 6.42. The summed E-state index contributed by atoms with van der Waals surface area (Å²) in [5, 5.41) is 0. The van der Waals surface area contributed by atoms with Gasteiger partial charge in [-0.05, 0) is 56.2 Å². The minimum Gasteiger partial charge on any atom is -0.492 e. The highest BCUT2D eigenvalue weighted by Crippen LogP contribution is 2.34. The average Bonchev–Trinajstić information content (AvgIpc) is 2.67. The SMILES string of the molecule is CCOc1ccc(N2CCCCS2(=O)=O)cc1S(=O)(=O)Nc1cccc(C(F)(F)F)c1. The molecule has 1 fully saturated rings. The molecular weight excluding hydrogens is 457 g/mol. The summed E-state index contributed by atoms with van der Waals surface area (Å²) in [5.41, 5.74) is -1.15. The van der Waals surface area contributed by atoms with Crippen LogP contribution in [0.2, 0.25) is 0 Å². The van der Waals surface area contributed by atoms with Crippen LogP contribution < -0.4 is 13.8 Å². The van der Waals surface area contributed by atoms with Crippen LogP contribution in [0.25, 0.3) is 0 Å². The molecule has 0 radical (unpaired) electrons. The van der Waals surface area contributed by atoms with Gasteiger partial charge in [-0.25, -0.2) is 16.8 Å². The second kappa shape index (κ2) is 8.58. The molecule has 31 heavy (non-hydrogen) atoms. The van der Waals surface area contributed by atoms with Crippen molar-refractivity contribution in [2.24, 2.45) is 0 Å². The van der Waals surface area contributed by atoms with Crippen LogP contribution in [-0.4, -0.2) is 35.7 Å². The predicted octanol–water partition coefficient (Wildman–Crippen LogP) is 3.83. The van der Waals surface area contributed by atoms with Gasteiger partial charge in [0, 0.05) is 12.2 Å². The highest BCUT2D eigenvalue weighted by molar-refractivity contribution is 7.93. The molecule has 1 aliphatic rings. The van der Waals surface area contributed by atoms with Crippen LogP contribution in [0.3, 0.4) is 0 Å². The summed E-state index contributed by atoms with van der Waals surface area (Å²) in [6.07, 6.45) is -3.50. The molecule has 0 aliphatic carbocycles.